The van der Waals surface area contributed by atoms with E-state index in [0.717, 1.165) is 0 Å². The number of halogens is 2. The lowest BCUT2D eigenvalue weighted by atomic mass is 10.2. The summed E-state index contributed by atoms with van der Waals surface area (Å²) >= 11 is 0. The van der Waals surface area contributed by atoms with E-state index in [1.807, 2.05) is 0 Å². The summed E-state index contributed by atoms with van der Waals surface area (Å²) in [6, 6.07) is 5.37. The summed E-state index contributed by atoms with van der Waals surface area (Å²) < 4.78 is 69.1. The number of nitrogens with two attached hydrogens (primary N) is 1. The molecule has 3 N–H and O–H groups in total. The summed E-state index contributed by atoms with van der Waals surface area (Å²) in [5, 5.41) is 4.89. The fourth-order valence-corrected chi connectivity index (χ4v) is 2.27. The molecule has 0 spiro atoms. The maximum atomic E-state index is 12.0. The minimum atomic E-state index is -4.60. The molecule has 19 heavy (non-hydrogen) atoms. The van der Waals surface area contributed by atoms with E-state index in [1.54, 1.807) is 4.72 Å². The molecule has 0 saturated carbocycles. The van der Waals surface area contributed by atoms with Crippen molar-refractivity contribution < 1.29 is 25.6 Å². The molecule has 1 rings (SSSR count). The molecule has 0 fully saturated rings. The highest BCUT2D eigenvalue weighted by Crippen LogP contribution is 2.09. The Balaban J connectivity index is 2.61. The van der Waals surface area contributed by atoms with Crippen LogP contribution in [-0.2, 0) is 26.5 Å². The number of rotatable bonds is 6. The molecular weight excluding hydrogens is 302 g/mol. The second kappa shape index (κ2) is 5.90. The second-order valence-electron chi connectivity index (χ2n) is 3.64. The van der Waals surface area contributed by atoms with Gasteiger partial charge in [-0.05, 0) is 24.1 Å². The van der Waals surface area contributed by atoms with E-state index in [-0.39, 0.29) is 17.9 Å². The van der Waals surface area contributed by atoms with Gasteiger partial charge in [0.25, 0.3) is 10.0 Å². The van der Waals surface area contributed by atoms with Gasteiger partial charge in [-0.3, -0.25) is 0 Å². The van der Waals surface area contributed by atoms with Gasteiger partial charge in [-0.2, -0.15) is 8.78 Å². The highest BCUT2D eigenvalue weighted by molar-refractivity contribution is 7.89. The van der Waals surface area contributed by atoms with Crippen LogP contribution in [0.5, 0.6) is 0 Å². The van der Waals surface area contributed by atoms with Gasteiger partial charge >= 0.3 is 5.76 Å². The summed E-state index contributed by atoms with van der Waals surface area (Å²) in [7, 11) is -8.38. The van der Waals surface area contributed by atoms with Gasteiger partial charge in [-0.25, -0.2) is 26.7 Å². The number of hydrogen-bond donors (Lipinski definition) is 2. The normalized spacial score (nSPS) is 12.8. The quantitative estimate of drug-likeness (QED) is 0.772. The lowest BCUT2D eigenvalue weighted by molar-refractivity contribution is 0.232. The van der Waals surface area contributed by atoms with Gasteiger partial charge in [-0.1, -0.05) is 12.1 Å². The molecule has 0 aliphatic rings. The predicted octanol–water partition coefficient (Wildman–Crippen LogP) is 0.0185. The van der Waals surface area contributed by atoms with Crippen molar-refractivity contribution in [2.45, 2.75) is 17.1 Å². The Morgan fingerprint density at radius 3 is 2.05 bits per heavy atom. The molecule has 0 aliphatic carbocycles. The first-order valence-corrected chi connectivity index (χ1v) is 8.10. The van der Waals surface area contributed by atoms with Gasteiger partial charge in [0.1, 0.15) is 0 Å². The van der Waals surface area contributed by atoms with E-state index in [2.05, 4.69) is 0 Å². The fourth-order valence-electron chi connectivity index (χ4n) is 1.25. The van der Waals surface area contributed by atoms with Gasteiger partial charge < -0.3 is 0 Å². The number of hydrogen-bond acceptors (Lipinski definition) is 4. The highest BCUT2D eigenvalue weighted by atomic mass is 32.2. The Hall–Kier alpha value is -1.10. The molecule has 0 aliphatic heterocycles. The van der Waals surface area contributed by atoms with E-state index in [4.69, 9.17) is 5.14 Å². The molecule has 108 valence electrons. The van der Waals surface area contributed by atoms with Crippen LogP contribution < -0.4 is 9.86 Å². The first-order chi connectivity index (χ1) is 8.63. The zero-order valence-corrected chi connectivity index (χ0v) is 11.2. The molecule has 0 atom stereocenters. The third kappa shape index (κ3) is 4.82. The number of alkyl halides is 2. The number of benzene rings is 1. The van der Waals surface area contributed by atoms with Gasteiger partial charge in [0.2, 0.25) is 10.0 Å². The molecule has 0 radical (unpaired) electrons. The van der Waals surface area contributed by atoms with Crippen LogP contribution in [0.2, 0.25) is 0 Å². The molecule has 1 aromatic carbocycles. The Morgan fingerprint density at radius 1 is 1.11 bits per heavy atom. The maximum Gasteiger partial charge on any atom is 0.350 e. The van der Waals surface area contributed by atoms with Crippen LogP contribution in [0.4, 0.5) is 8.78 Å². The van der Waals surface area contributed by atoms with Gasteiger partial charge in [0.15, 0.2) is 0 Å². The molecule has 10 heteroatoms. The van der Waals surface area contributed by atoms with Gasteiger partial charge in [0, 0.05) is 6.54 Å². The standard InChI is InChI=1S/C9H12F2N2O4S2/c10-9(11)19(16,17)13-6-5-7-1-3-8(4-2-7)18(12,14)15/h1-4,9,13H,5-6H2,(H2,12,14,15). The summed E-state index contributed by atoms with van der Waals surface area (Å²) in [5.41, 5.74) is 0.587. The smallest absolute Gasteiger partial charge is 0.225 e. The third-order valence-electron chi connectivity index (χ3n) is 2.20. The van der Waals surface area contributed by atoms with Crippen LogP contribution in [0, 0.1) is 0 Å². The Bertz CT molecular complexity index is 627. The lowest BCUT2D eigenvalue weighted by Crippen LogP contribution is -2.31. The first kappa shape index (κ1) is 16.0. The van der Waals surface area contributed by atoms with Crippen molar-refractivity contribution in [3.05, 3.63) is 29.8 Å². The molecule has 0 bridgehead atoms. The van der Waals surface area contributed by atoms with Crippen molar-refractivity contribution in [2.75, 3.05) is 6.54 Å². The minimum Gasteiger partial charge on any atom is -0.225 e. The predicted molar refractivity (Wildman–Crippen MR) is 64.4 cm³/mol. The van der Waals surface area contributed by atoms with Gasteiger partial charge in [-0.15, -0.1) is 0 Å². The SMILES string of the molecule is NS(=O)(=O)c1ccc(CCNS(=O)(=O)C(F)F)cc1. The van der Waals surface area contributed by atoms with E-state index in [0.29, 0.717) is 5.56 Å². The summed E-state index contributed by atoms with van der Waals surface area (Å²) in [4.78, 5) is -0.0792. The van der Waals surface area contributed by atoms with Crippen LogP contribution in [-0.4, -0.2) is 29.1 Å². The van der Waals surface area contributed by atoms with E-state index in [9.17, 15) is 25.6 Å². The average Bonchev–Trinajstić information content (AvgIpc) is 2.28. The van der Waals surface area contributed by atoms with Crippen LogP contribution in [0.15, 0.2) is 29.2 Å². The summed E-state index contributed by atoms with van der Waals surface area (Å²) in [6.45, 7) is -0.207. The van der Waals surface area contributed by atoms with E-state index < -0.39 is 25.8 Å². The number of primary sulfonamides is 1. The monoisotopic (exact) mass is 314 g/mol. The Morgan fingerprint density at radius 2 is 1.63 bits per heavy atom. The third-order valence-corrected chi connectivity index (χ3v) is 4.21. The molecule has 0 heterocycles. The first-order valence-electron chi connectivity index (χ1n) is 5.01. The van der Waals surface area contributed by atoms with Crippen molar-refractivity contribution in [1.29, 1.82) is 0 Å². The van der Waals surface area contributed by atoms with Crippen molar-refractivity contribution in [2.24, 2.45) is 5.14 Å². The average molecular weight is 314 g/mol. The molecule has 0 unspecified atom stereocenters. The zero-order chi connectivity index (χ0) is 14.7. The van der Waals surface area contributed by atoms with Crippen molar-refractivity contribution in [1.82, 2.24) is 4.72 Å². The second-order valence-corrected chi connectivity index (χ2v) is 6.94. The summed E-state index contributed by atoms with van der Waals surface area (Å²) in [6.07, 6.45) is 0.150. The van der Waals surface area contributed by atoms with Crippen LogP contribution in [0.25, 0.3) is 0 Å². The van der Waals surface area contributed by atoms with Gasteiger partial charge in [0.05, 0.1) is 4.90 Å². The maximum absolute atomic E-state index is 12.0. The van der Waals surface area contributed by atoms with Crippen molar-refractivity contribution in [3.63, 3.8) is 0 Å². The minimum absolute atomic E-state index is 0.0792. The fraction of sp³-hybridized carbons (Fsp3) is 0.333. The van der Waals surface area contributed by atoms with Crippen LogP contribution in [0.1, 0.15) is 5.56 Å². The van der Waals surface area contributed by atoms with Crippen LogP contribution in [0.3, 0.4) is 0 Å². The number of sulfonamides is 2. The van der Waals surface area contributed by atoms with E-state index >= 15 is 0 Å². The lowest BCUT2D eigenvalue weighted by Gasteiger charge is -2.06. The topological polar surface area (TPSA) is 106 Å². The molecular formula is C9H12F2N2O4S2. The largest absolute Gasteiger partial charge is 0.350 e. The molecule has 0 amide bonds. The molecule has 6 nitrogen and oxygen atoms in total. The highest BCUT2D eigenvalue weighted by Gasteiger charge is 2.22. The molecule has 0 aromatic heterocycles. The summed E-state index contributed by atoms with van der Waals surface area (Å²) in [5.74, 6) is -3.47. The Kier molecular flexibility index (Phi) is 4.96. The number of nitrogens with one attached hydrogen (secondary N) is 1. The van der Waals surface area contributed by atoms with E-state index in [1.165, 1.54) is 24.3 Å². The molecule has 0 saturated heterocycles. The molecule has 1 aromatic rings. The van der Waals surface area contributed by atoms with Crippen molar-refractivity contribution in [3.8, 4) is 0 Å². The van der Waals surface area contributed by atoms with Crippen LogP contribution >= 0.6 is 0 Å². The van der Waals surface area contributed by atoms with Crippen molar-refractivity contribution >= 4 is 20.0 Å². The zero-order valence-electron chi connectivity index (χ0n) is 9.58. The Labute approximate surface area is 109 Å².